The second kappa shape index (κ2) is 9.35. The van der Waals surface area contributed by atoms with Crippen LogP contribution in [0.2, 0.25) is 4.34 Å². The number of rotatable bonds is 6. The molecule has 1 aromatic carbocycles. The van der Waals surface area contributed by atoms with Crippen molar-refractivity contribution in [3.05, 3.63) is 60.7 Å². The maximum absolute atomic E-state index is 12.9. The van der Waals surface area contributed by atoms with Crippen LogP contribution in [0.15, 0.2) is 30.3 Å². The smallest absolute Gasteiger partial charge is 0.284 e. The summed E-state index contributed by atoms with van der Waals surface area (Å²) in [6, 6.07) is 8.72. The first kappa shape index (κ1) is 21.8. The number of carbonyl (C=O) groups is 2. The Balaban J connectivity index is 1.51. The third-order valence-corrected chi connectivity index (χ3v) is 7.25. The van der Waals surface area contributed by atoms with Crippen LogP contribution in [0.4, 0.5) is 5.69 Å². The molecule has 1 aliphatic heterocycles. The van der Waals surface area contributed by atoms with Crippen molar-refractivity contribution >= 4 is 51.8 Å². The maximum atomic E-state index is 12.9. The fraction of sp³-hybridized carbons (Fsp3) is 0.286. The second-order valence-electron chi connectivity index (χ2n) is 7.10. The van der Waals surface area contributed by atoms with E-state index in [-0.39, 0.29) is 18.4 Å². The van der Waals surface area contributed by atoms with Gasteiger partial charge in [0.05, 0.1) is 22.0 Å². The highest BCUT2D eigenvalue weighted by Crippen LogP contribution is 2.29. The molecule has 162 valence electrons. The van der Waals surface area contributed by atoms with E-state index in [4.69, 9.17) is 16.3 Å². The Morgan fingerprint density at radius 3 is 2.81 bits per heavy atom. The number of amides is 2. The number of benzene rings is 1. The minimum atomic E-state index is -0.270. The number of likely N-dealkylation sites (N-methyl/N-ethyl adjacent to an activating group) is 1. The van der Waals surface area contributed by atoms with E-state index in [2.05, 4.69) is 27.6 Å². The van der Waals surface area contributed by atoms with E-state index in [9.17, 15) is 9.59 Å². The summed E-state index contributed by atoms with van der Waals surface area (Å²) in [7, 11) is 3.61. The van der Waals surface area contributed by atoms with Crippen molar-refractivity contribution in [2.45, 2.75) is 19.5 Å². The molecule has 7 nitrogen and oxygen atoms in total. The molecule has 0 spiro atoms. The number of nitrogens with zero attached hydrogens (tertiary/aromatic N) is 2. The van der Waals surface area contributed by atoms with Gasteiger partial charge >= 0.3 is 0 Å². The summed E-state index contributed by atoms with van der Waals surface area (Å²) in [5.74, 6) is 0.0621. The molecule has 10 heteroatoms. The van der Waals surface area contributed by atoms with E-state index in [0.29, 0.717) is 31.2 Å². The SMILES string of the molecule is COc1cccc(NC(=O)c2nc3c(s2)CN(C)CC3)c1CNC(=O)c1ccc(Cl)s1. The molecular weight excluding hydrogens is 456 g/mol. The molecule has 1 aliphatic rings. The van der Waals surface area contributed by atoms with Crippen LogP contribution < -0.4 is 15.4 Å². The first-order valence-electron chi connectivity index (χ1n) is 9.62. The van der Waals surface area contributed by atoms with Crippen LogP contribution in [0, 0.1) is 0 Å². The Morgan fingerprint density at radius 1 is 1.23 bits per heavy atom. The lowest BCUT2D eigenvalue weighted by molar-refractivity contribution is 0.0954. The number of halogens is 1. The van der Waals surface area contributed by atoms with Gasteiger partial charge in [0.15, 0.2) is 5.01 Å². The summed E-state index contributed by atoms with van der Waals surface area (Å²) in [5, 5.41) is 6.24. The lowest BCUT2D eigenvalue weighted by atomic mass is 10.1. The molecule has 0 radical (unpaired) electrons. The molecule has 3 aromatic rings. The fourth-order valence-electron chi connectivity index (χ4n) is 3.34. The monoisotopic (exact) mass is 476 g/mol. The number of nitrogens with one attached hydrogen (secondary N) is 2. The van der Waals surface area contributed by atoms with E-state index in [0.717, 1.165) is 30.1 Å². The summed E-state index contributed by atoms with van der Waals surface area (Å²) in [6.45, 7) is 1.93. The topological polar surface area (TPSA) is 83.6 Å². The first-order valence-corrected chi connectivity index (χ1v) is 11.6. The van der Waals surface area contributed by atoms with E-state index in [1.165, 1.54) is 22.7 Å². The average Bonchev–Trinajstić information content (AvgIpc) is 3.38. The van der Waals surface area contributed by atoms with Gasteiger partial charge in [-0.3, -0.25) is 9.59 Å². The number of fused-ring (bicyclic) bond motifs is 1. The summed E-state index contributed by atoms with van der Waals surface area (Å²) in [4.78, 5) is 33.7. The first-order chi connectivity index (χ1) is 14.9. The number of ether oxygens (including phenoxy) is 1. The minimum absolute atomic E-state index is 0.188. The van der Waals surface area contributed by atoms with E-state index in [1.54, 1.807) is 37.4 Å². The van der Waals surface area contributed by atoms with Gasteiger partial charge in [-0.2, -0.15) is 0 Å². The van der Waals surface area contributed by atoms with Gasteiger partial charge in [0.2, 0.25) is 0 Å². The van der Waals surface area contributed by atoms with Crippen LogP contribution in [0.3, 0.4) is 0 Å². The van der Waals surface area contributed by atoms with Crippen LogP contribution >= 0.6 is 34.3 Å². The number of thiophene rings is 1. The molecule has 0 unspecified atom stereocenters. The molecule has 31 heavy (non-hydrogen) atoms. The van der Waals surface area contributed by atoms with Gasteiger partial charge in [0.1, 0.15) is 5.75 Å². The van der Waals surface area contributed by atoms with Crippen molar-refractivity contribution in [3.8, 4) is 5.75 Å². The van der Waals surface area contributed by atoms with Crippen LogP contribution in [0.5, 0.6) is 5.75 Å². The quantitative estimate of drug-likeness (QED) is 0.561. The third-order valence-electron chi connectivity index (χ3n) is 4.94. The summed E-state index contributed by atoms with van der Waals surface area (Å²) >= 11 is 8.55. The van der Waals surface area contributed by atoms with Gasteiger partial charge in [-0.1, -0.05) is 17.7 Å². The molecule has 4 rings (SSSR count). The molecule has 2 amide bonds. The number of anilines is 1. The molecule has 0 bridgehead atoms. The molecule has 2 aromatic heterocycles. The highest BCUT2D eigenvalue weighted by atomic mass is 35.5. The van der Waals surface area contributed by atoms with Gasteiger partial charge in [0, 0.05) is 42.2 Å². The Bertz CT molecular complexity index is 1130. The molecule has 0 atom stereocenters. The summed E-state index contributed by atoms with van der Waals surface area (Å²) < 4.78 is 6.00. The van der Waals surface area contributed by atoms with Crippen molar-refractivity contribution in [2.24, 2.45) is 0 Å². The number of thiazole rings is 1. The molecule has 0 saturated heterocycles. The van der Waals surface area contributed by atoms with Crippen LogP contribution in [0.1, 0.15) is 35.6 Å². The number of aromatic nitrogens is 1. The van der Waals surface area contributed by atoms with Crippen molar-refractivity contribution < 1.29 is 14.3 Å². The number of hydrogen-bond donors (Lipinski definition) is 2. The van der Waals surface area contributed by atoms with Gasteiger partial charge in [-0.05, 0) is 31.3 Å². The van der Waals surface area contributed by atoms with E-state index in [1.807, 2.05) is 0 Å². The summed E-state index contributed by atoms with van der Waals surface area (Å²) in [5.41, 5.74) is 2.25. The van der Waals surface area contributed by atoms with Crippen molar-refractivity contribution in [3.63, 3.8) is 0 Å². The van der Waals surface area contributed by atoms with Gasteiger partial charge in [-0.15, -0.1) is 22.7 Å². The highest BCUT2D eigenvalue weighted by Gasteiger charge is 2.22. The molecular formula is C21H21ClN4O3S2. The minimum Gasteiger partial charge on any atom is -0.496 e. The Morgan fingerprint density at radius 2 is 2.06 bits per heavy atom. The number of methoxy groups -OCH3 is 1. The number of hydrogen-bond acceptors (Lipinski definition) is 7. The molecule has 0 fully saturated rings. The fourth-order valence-corrected chi connectivity index (χ4v) is 5.39. The largest absolute Gasteiger partial charge is 0.496 e. The lowest BCUT2D eigenvalue weighted by Crippen LogP contribution is -2.25. The Kier molecular flexibility index (Phi) is 6.57. The zero-order chi connectivity index (χ0) is 22.0. The van der Waals surface area contributed by atoms with E-state index < -0.39 is 0 Å². The zero-order valence-electron chi connectivity index (χ0n) is 17.0. The summed E-state index contributed by atoms with van der Waals surface area (Å²) in [6.07, 6.45) is 0.846. The maximum Gasteiger partial charge on any atom is 0.284 e. The standard InChI is InChI=1S/C21H21ClN4O3S2/c1-26-9-8-14-17(11-26)31-21(25-14)20(28)24-13-4-3-5-15(29-2)12(13)10-23-19(27)16-6-7-18(22)30-16/h3-7H,8-11H2,1-2H3,(H,23,27)(H,24,28). The predicted molar refractivity (Wildman–Crippen MR) is 124 cm³/mol. The van der Waals surface area contributed by atoms with Crippen molar-refractivity contribution in [2.75, 3.05) is 26.0 Å². The molecule has 0 aliphatic carbocycles. The average molecular weight is 477 g/mol. The Labute approximate surface area is 193 Å². The van der Waals surface area contributed by atoms with Gasteiger partial charge in [-0.25, -0.2) is 4.98 Å². The van der Waals surface area contributed by atoms with Crippen molar-refractivity contribution in [1.29, 1.82) is 0 Å². The zero-order valence-corrected chi connectivity index (χ0v) is 19.4. The van der Waals surface area contributed by atoms with Crippen molar-refractivity contribution in [1.82, 2.24) is 15.2 Å². The van der Waals surface area contributed by atoms with Crippen LogP contribution in [-0.2, 0) is 19.5 Å². The molecule has 0 saturated carbocycles. The van der Waals surface area contributed by atoms with Gasteiger partial charge < -0.3 is 20.3 Å². The van der Waals surface area contributed by atoms with Crippen LogP contribution in [-0.4, -0.2) is 42.4 Å². The normalized spacial score (nSPS) is 13.5. The second-order valence-corrected chi connectivity index (χ2v) is 9.90. The Hall–Kier alpha value is -2.46. The molecule has 2 N–H and O–H groups in total. The lowest BCUT2D eigenvalue weighted by Gasteiger charge is -2.20. The number of carbonyl (C=O) groups excluding carboxylic acids is 2. The van der Waals surface area contributed by atoms with Gasteiger partial charge in [0.25, 0.3) is 11.8 Å². The highest BCUT2D eigenvalue weighted by molar-refractivity contribution is 7.18. The molecule has 3 heterocycles. The van der Waals surface area contributed by atoms with E-state index >= 15 is 0 Å². The third kappa shape index (κ3) is 4.90. The predicted octanol–water partition coefficient (Wildman–Crippen LogP) is 4.04. The van der Waals surface area contributed by atoms with Crippen LogP contribution in [0.25, 0.3) is 0 Å².